The molecule has 10 nitrogen and oxygen atoms in total. The molecule has 10 heteroatoms. The van der Waals surface area contributed by atoms with Crippen molar-refractivity contribution < 1.29 is 24.0 Å². The molecule has 0 aliphatic carbocycles. The number of nitrogens with two attached hydrogens (primary N) is 1. The zero-order chi connectivity index (χ0) is 23.1. The number of hydrogen-bond acceptors (Lipinski definition) is 7. The second-order valence-corrected chi connectivity index (χ2v) is 7.27. The predicted molar refractivity (Wildman–Crippen MR) is 117 cm³/mol. The van der Waals surface area contributed by atoms with Crippen molar-refractivity contribution in [1.82, 2.24) is 5.32 Å². The Balaban J connectivity index is 1.90. The van der Waals surface area contributed by atoms with Crippen molar-refractivity contribution in [3.05, 3.63) is 76.4 Å². The second-order valence-electron chi connectivity index (χ2n) is 7.27. The Morgan fingerprint density at radius 3 is 2.78 bits per heavy atom. The molecule has 2 aromatic rings. The molecule has 32 heavy (non-hydrogen) atoms. The fraction of sp³-hybridized carbons (Fsp3) is 0.273. The van der Waals surface area contributed by atoms with Crippen LogP contribution >= 0.6 is 0 Å². The maximum atomic E-state index is 12.0. The van der Waals surface area contributed by atoms with Gasteiger partial charge in [-0.2, -0.15) is 0 Å². The molecule has 1 heterocycles. The molecule has 0 bridgehead atoms. The molecule has 0 aromatic heterocycles. The molecule has 4 N–H and O–H groups in total. The number of hydrogen-bond donors (Lipinski definition) is 3. The first kappa shape index (κ1) is 22.6. The number of carbonyl (C=O) groups is 2. The van der Waals surface area contributed by atoms with Crippen molar-refractivity contribution in [2.45, 2.75) is 24.9 Å². The van der Waals surface area contributed by atoms with Gasteiger partial charge in [-0.25, -0.2) is 4.79 Å². The van der Waals surface area contributed by atoms with E-state index >= 15 is 0 Å². The predicted octanol–water partition coefficient (Wildman–Crippen LogP) is 2.84. The van der Waals surface area contributed by atoms with Crippen molar-refractivity contribution in [3.8, 4) is 5.75 Å². The number of benzene rings is 2. The first-order valence-corrected chi connectivity index (χ1v) is 9.95. The molecule has 3 rings (SSSR count). The van der Waals surface area contributed by atoms with Gasteiger partial charge in [-0.15, -0.1) is 0 Å². The Labute approximate surface area is 184 Å². The minimum Gasteiger partial charge on any atom is -0.483 e. The van der Waals surface area contributed by atoms with E-state index in [1.807, 2.05) is 30.3 Å². The maximum Gasteiger partial charge on any atom is 0.407 e. The second kappa shape index (κ2) is 10.3. The van der Waals surface area contributed by atoms with Crippen LogP contribution in [0.4, 0.5) is 16.2 Å². The third-order valence-corrected chi connectivity index (χ3v) is 4.83. The number of alkyl carbamates (subject to hydrolysis) is 1. The molecule has 1 aliphatic rings. The molecule has 0 spiro atoms. The number of fused-ring (bicyclic) bond motifs is 1. The summed E-state index contributed by atoms with van der Waals surface area (Å²) in [6, 6.07) is 11.6. The molecule has 2 atom stereocenters. The highest BCUT2D eigenvalue weighted by Crippen LogP contribution is 2.41. The fourth-order valence-corrected chi connectivity index (χ4v) is 3.46. The van der Waals surface area contributed by atoms with Crippen molar-refractivity contribution in [1.29, 1.82) is 0 Å². The summed E-state index contributed by atoms with van der Waals surface area (Å²) in [5.74, 6) is -0.583. The van der Waals surface area contributed by atoms with Crippen molar-refractivity contribution in [3.63, 3.8) is 0 Å². The summed E-state index contributed by atoms with van der Waals surface area (Å²) in [7, 11) is 0. The minimum absolute atomic E-state index is 0.0317. The summed E-state index contributed by atoms with van der Waals surface area (Å²) >= 11 is 0. The number of nitro groups is 1. The lowest BCUT2D eigenvalue weighted by molar-refractivity contribution is -0.385. The summed E-state index contributed by atoms with van der Waals surface area (Å²) < 4.78 is 10.6. The van der Waals surface area contributed by atoms with Gasteiger partial charge in [0.05, 0.1) is 29.1 Å². The summed E-state index contributed by atoms with van der Waals surface area (Å²) in [5, 5.41) is 17.5. The highest BCUT2D eigenvalue weighted by Gasteiger charge is 2.30. The molecule has 0 fully saturated rings. The van der Waals surface area contributed by atoms with Crippen LogP contribution in [0.1, 0.15) is 23.6 Å². The van der Waals surface area contributed by atoms with Crippen LogP contribution in [0.15, 0.2) is 55.1 Å². The number of primary amides is 1. The molecule has 1 aliphatic heterocycles. The molecule has 168 valence electrons. The van der Waals surface area contributed by atoms with Crippen LogP contribution in [0.5, 0.6) is 5.75 Å². The third-order valence-electron chi connectivity index (χ3n) is 4.83. The Morgan fingerprint density at radius 2 is 2.12 bits per heavy atom. The zero-order valence-corrected chi connectivity index (χ0v) is 17.3. The Morgan fingerprint density at radius 1 is 1.38 bits per heavy atom. The van der Waals surface area contributed by atoms with E-state index in [0.717, 1.165) is 5.56 Å². The molecular formula is C22H24N4O6. The molecule has 2 amide bonds. The fourth-order valence-electron chi connectivity index (χ4n) is 3.46. The highest BCUT2D eigenvalue weighted by atomic mass is 16.6. The van der Waals surface area contributed by atoms with Gasteiger partial charge in [0.1, 0.15) is 13.2 Å². The SMILES string of the molecule is C=CCOC(=O)NC(CC(N)=O)c1cc2c(c([N+](=O)[O-])c1)OC[C@@H](Cc1ccccc1)N2. The maximum absolute atomic E-state index is 12.0. The van der Waals surface area contributed by atoms with E-state index in [9.17, 15) is 19.7 Å². The minimum atomic E-state index is -0.926. The van der Waals surface area contributed by atoms with Crippen LogP contribution in [0, 0.1) is 10.1 Å². The summed E-state index contributed by atoms with van der Waals surface area (Å²) in [4.78, 5) is 34.7. The summed E-state index contributed by atoms with van der Waals surface area (Å²) in [5.41, 5.74) is 6.85. The van der Waals surface area contributed by atoms with Gasteiger partial charge in [-0.1, -0.05) is 43.0 Å². The number of ether oxygens (including phenoxy) is 2. The van der Waals surface area contributed by atoms with Gasteiger partial charge in [0.15, 0.2) is 0 Å². The van der Waals surface area contributed by atoms with Crippen LogP contribution in [-0.4, -0.2) is 36.2 Å². The molecule has 2 aromatic carbocycles. The van der Waals surface area contributed by atoms with E-state index < -0.39 is 23.0 Å². The zero-order valence-electron chi connectivity index (χ0n) is 17.3. The quantitative estimate of drug-likeness (QED) is 0.309. The van der Waals surface area contributed by atoms with E-state index in [2.05, 4.69) is 17.2 Å². The van der Waals surface area contributed by atoms with Crippen LogP contribution in [0.2, 0.25) is 0 Å². The molecule has 1 unspecified atom stereocenters. The first-order valence-electron chi connectivity index (χ1n) is 9.95. The highest BCUT2D eigenvalue weighted by molar-refractivity contribution is 5.77. The average molecular weight is 440 g/mol. The Hall–Kier alpha value is -4.08. The molecule has 0 radical (unpaired) electrons. The number of nitrogens with one attached hydrogen (secondary N) is 2. The lowest BCUT2D eigenvalue weighted by Crippen LogP contribution is -2.35. The van der Waals surface area contributed by atoms with E-state index in [4.69, 9.17) is 15.2 Å². The van der Waals surface area contributed by atoms with Crippen LogP contribution in [0.3, 0.4) is 0 Å². The van der Waals surface area contributed by atoms with Crippen LogP contribution in [0.25, 0.3) is 0 Å². The smallest absolute Gasteiger partial charge is 0.407 e. The standard InChI is InChI=1S/C22H24N4O6/c1-2-8-31-22(28)25-17(12-20(23)27)15-10-18-21(19(11-15)26(29)30)32-13-16(24-18)9-14-6-4-3-5-7-14/h2-7,10-11,16-17,24H,1,8-9,12-13H2,(H2,23,27)(H,25,28)/t16-,17?/m1/s1. The van der Waals surface area contributed by atoms with Gasteiger partial charge in [-0.3, -0.25) is 14.9 Å². The lowest BCUT2D eigenvalue weighted by Gasteiger charge is -2.28. The van der Waals surface area contributed by atoms with E-state index in [-0.39, 0.29) is 37.1 Å². The largest absolute Gasteiger partial charge is 0.483 e. The average Bonchev–Trinajstić information content (AvgIpc) is 2.76. The van der Waals surface area contributed by atoms with E-state index in [1.165, 1.54) is 12.1 Å². The Kier molecular flexibility index (Phi) is 7.27. The van der Waals surface area contributed by atoms with Crippen molar-refractivity contribution in [2.24, 2.45) is 5.73 Å². The topological polar surface area (TPSA) is 146 Å². The molecular weight excluding hydrogens is 416 g/mol. The van der Waals surface area contributed by atoms with Crippen LogP contribution in [-0.2, 0) is 16.0 Å². The number of rotatable bonds is 9. The third kappa shape index (κ3) is 5.75. The Bertz CT molecular complexity index is 1010. The van der Waals surface area contributed by atoms with Gasteiger partial charge >= 0.3 is 11.8 Å². The van der Waals surface area contributed by atoms with E-state index in [0.29, 0.717) is 17.7 Å². The number of nitrogens with zero attached hydrogens (tertiary/aromatic N) is 1. The van der Waals surface area contributed by atoms with Crippen molar-refractivity contribution >= 4 is 23.4 Å². The monoisotopic (exact) mass is 440 g/mol. The summed E-state index contributed by atoms with van der Waals surface area (Å²) in [6.07, 6.45) is 0.964. The van der Waals surface area contributed by atoms with Crippen molar-refractivity contribution in [2.75, 3.05) is 18.5 Å². The number of amides is 2. The normalized spacial score (nSPS) is 15.3. The van der Waals surface area contributed by atoms with Gasteiger partial charge in [0.25, 0.3) is 0 Å². The van der Waals surface area contributed by atoms with Crippen LogP contribution < -0.4 is 21.1 Å². The number of nitro benzene ring substituents is 1. The lowest BCUT2D eigenvalue weighted by atomic mass is 9.99. The van der Waals surface area contributed by atoms with Gasteiger partial charge in [0, 0.05) is 6.07 Å². The van der Waals surface area contributed by atoms with Gasteiger partial charge < -0.3 is 25.8 Å². The van der Waals surface area contributed by atoms with Gasteiger partial charge in [0.2, 0.25) is 11.7 Å². The molecule has 0 saturated heterocycles. The number of carbonyl (C=O) groups excluding carboxylic acids is 2. The van der Waals surface area contributed by atoms with Gasteiger partial charge in [-0.05, 0) is 23.6 Å². The first-order chi connectivity index (χ1) is 15.4. The molecule has 0 saturated carbocycles. The van der Waals surface area contributed by atoms with E-state index in [1.54, 1.807) is 6.07 Å². The number of anilines is 1. The summed E-state index contributed by atoms with van der Waals surface area (Å²) in [6.45, 7) is 3.68.